The molecule has 1 aliphatic carbocycles. The third kappa shape index (κ3) is 7.84. The zero-order valence-corrected chi connectivity index (χ0v) is 33.0. The topological polar surface area (TPSA) is 83.5 Å². The van der Waals surface area contributed by atoms with Crippen molar-refractivity contribution in [2.45, 2.75) is 89.3 Å². The molecule has 268 valence electrons. The highest BCUT2D eigenvalue weighted by Gasteiger charge is 2.52. The Bertz CT molecular complexity index is 1600. The van der Waals surface area contributed by atoms with Crippen molar-refractivity contribution in [1.82, 2.24) is 0 Å². The number of carbonyl (C=O) groups is 1. The molecule has 0 fully saturated rings. The fraction of sp³-hybridized carbons (Fsp3) is 0.439. The summed E-state index contributed by atoms with van der Waals surface area (Å²) in [6, 6.07) is 29.8. The molecule has 50 heavy (non-hydrogen) atoms. The zero-order chi connectivity index (χ0) is 36.3. The van der Waals surface area contributed by atoms with Crippen LogP contribution in [0.1, 0.15) is 51.9 Å². The average molecular weight is 715 g/mol. The molecule has 5 rings (SSSR count). The molecule has 0 saturated carbocycles. The van der Waals surface area contributed by atoms with E-state index in [2.05, 4.69) is 103 Å². The SMILES string of the molecule is COC1C=C2C(O)C=C(CO[Si](c3ccccc3)(c3ccccc3)C(C)(C)C)C(OC(=O)c3ccccc3)C2C(CO[Si](C)(C)C(C)(C)C)O1. The molecule has 3 aromatic rings. The molecule has 7 nitrogen and oxygen atoms in total. The smallest absolute Gasteiger partial charge is 0.338 e. The fourth-order valence-corrected chi connectivity index (χ4v) is 12.4. The van der Waals surface area contributed by atoms with Crippen LogP contribution < -0.4 is 10.4 Å². The van der Waals surface area contributed by atoms with Crippen molar-refractivity contribution < 1.29 is 33.0 Å². The summed E-state index contributed by atoms with van der Waals surface area (Å²) in [7, 11) is -3.60. The van der Waals surface area contributed by atoms with E-state index in [1.165, 1.54) is 0 Å². The Morgan fingerprint density at radius 2 is 1.32 bits per heavy atom. The number of rotatable bonds is 11. The lowest BCUT2D eigenvalue weighted by molar-refractivity contribution is -0.170. The van der Waals surface area contributed by atoms with Crippen molar-refractivity contribution >= 4 is 33.0 Å². The van der Waals surface area contributed by atoms with E-state index in [4.69, 9.17) is 23.1 Å². The van der Waals surface area contributed by atoms with Crippen LogP contribution in [0.2, 0.25) is 23.2 Å². The molecule has 3 aromatic carbocycles. The number of benzene rings is 3. The molecule has 0 spiro atoms. The number of hydrogen-bond acceptors (Lipinski definition) is 7. The van der Waals surface area contributed by atoms with Gasteiger partial charge in [0.15, 0.2) is 14.6 Å². The van der Waals surface area contributed by atoms with Crippen LogP contribution in [0.25, 0.3) is 0 Å². The summed E-state index contributed by atoms with van der Waals surface area (Å²) >= 11 is 0. The standard InChI is InChI=1S/C41H54O7Si2/c1-40(2,3)49(8,9)45-28-35-37-33(26-36(44-7)47-35)34(42)25-30(38(37)48-39(43)29-19-13-10-14-20-29)27-46-50(41(4,5)6,31-21-15-11-16-22-31)32-23-17-12-18-24-32/h10-26,34-38,42H,27-28H2,1-9H3. The van der Waals surface area contributed by atoms with Gasteiger partial charge in [0.2, 0.25) is 0 Å². The van der Waals surface area contributed by atoms with Crippen LogP contribution in [0.4, 0.5) is 0 Å². The van der Waals surface area contributed by atoms with Gasteiger partial charge in [-0.15, -0.1) is 0 Å². The summed E-state index contributed by atoms with van der Waals surface area (Å²) in [5, 5.41) is 13.8. The third-order valence-electron chi connectivity index (χ3n) is 10.6. The number of methoxy groups -OCH3 is 1. The molecule has 9 heteroatoms. The Morgan fingerprint density at radius 1 is 0.780 bits per heavy atom. The molecule has 0 radical (unpaired) electrons. The zero-order valence-electron chi connectivity index (χ0n) is 31.0. The van der Waals surface area contributed by atoms with Crippen molar-refractivity contribution in [3.8, 4) is 0 Å². The van der Waals surface area contributed by atoms with Crippen molar-refractivity contribution in [2.24, 2.45) is 5.92 Å². The number of fused-ring (bicyclic) bond motifs is 1. The van der Waals surface area contributed by atoms with Crippen LogP contribution in [0.3, 0.4) is 0 Å². The Morgan fingerprint density at radius 3 is 1.82 bits per heavy atom. The van der Waals surface area contributed by atoms with Crippen molar-refractivity contribution in [3.05, 3.63) is 120 Å². The molecule has 0 aromatic heterocycles. The van der Waals surface area contributed by atoms with Gasteiger partial charge in [-0.05, 0) is 69.0 Å². The fourth-order valence-electron chi connectivity index (χ4n) is 6.83. The molecule has 0 saturated heterocycles. The maximum Gasteiger partial charge on any atom is 0.338 e. The van der Waals surface area contributed by atoms with Crippen LogP contribution in [-0.4, -0.2) is 72.6 Å². The minimum Gasteiger partial charge on any atom is -0.453 e. The van der Waals surface area contributed by atoms with Crippen molar-refractivity contribution in [2.75, 3.05) is 20.3 Å². The van der Waals surface area contributed by atoms with Gasteiger partial charge in [-0.3, -0.25) is 0 Å². The first kappa shape index (κ1) is 38.1. The van der Waals surface area contributed by atoms with Gasteiger partial charge in [0.05, 0.1) is 36.9 Å². The van der Waals surface area contributed by atoms with E-state index in [1.807, 2.05) is 30.3 Å². The number of hydrogen-bond donors (Lipinski definition) is 1. The lowest BCUT2D eigenvalue weighted by Crippen LogP contribution is -2.67. The van der Waals surface area contributed by atoms with E-state index < -0.39 is 53.1 Å². The van der Waals surface area contributed by atoms with Gasteiger partial charge in [-0.25, -0.2) is 4.79 Å². The quantitative estimate of drug-likeness (QED) is 0.130. The molecule has 0 amide bonds. The molecule has 1 aliphatic heterocycles. The first-order chi connectivity index (χ1) is 23.6. The number of aliphatic hydroxyl groups is 1. The maximum atomic E-state index is 13.8. The predicted octanol–water partition coefficient (Wildman–Crippen LogP) is 7.03. The van der Waals surface area contributed by atoms with Crippen molar-refractivity contribution in [3.63, 3.8) is 0 Å². The van der Waals surface area contributed by atoms with Gasteiger partial charge < -0.3 is 28.2 Å². The molecule has 1 heterocycles. The summed E-state index contributed by atoms with van der Waals surface area (Å²) in [5.41, 5.74) is 1.82. The van der Waals surface area contributed by atoms with Crippen LogP contribution in [-0.2, 0) is 23.1 Å². The van der Waals surface area contributed by atoms with E-state index in [9.17, 15) is 9.90 Å². The van der Waals surface area contributed by atoms with E-state index in [0.717, 1.165) is 10.4 Å². The van der Waals surface area contributed by atoms with Crippen LogP contribution in [0, 0.1) is 5.92 Å². The van der Waals surface area contributed by atoms with Gasteiger partial charge in [0.1, 0.15) is 6.10 Å². The highest BCUT2D eigenvalue weighted by molar-refractivity contribution is 6.99. The molecular weight excluding hydrogens is 661 g/mol. The second-order valence-electron chi connectivity index (χ2n) is 15.9. The van der Waals surface area contributed by atoms with E-state index >= 15 is 0 Å². The maximum absolute atomic E-state index is 13.8. The molecule has 1 N–H and O–H groups in total. The lowest BCUT2D eigenvalue weighted by atomic mass is 9.75. The van der Waals surface area contributed by atoms with Crippen molar-refractivity contribution in [1.29, 1.82) is 0 Å². The first-order valence-electron chi connectivity index (χ1n) is 17.5. The second kappa shape index (κ2) is 15.2. The van der Waals surface area contributed by atoms with Gasteiger partial charge in [0.25, 0.3) is 8.32 Å². The summed E-state index contributed by atoms with van der Waals surface area (Å²) in [6.45, 7) is 18.1. The highest BCUT2D eigenvalue weighted by atomic mass is 28.4. The van der Waals surface area contributed by atoms with Gasteiger partial charge in [-0.1, -0.05) is 120 Å². The minimum atomic E-state index is -2.98. The molecule has 0 bridgehead atoms. The Hall–Kier alpha value is -3.16. The third-order valence-corrected chi connectivity index (χ3v) is 20.1. The number of aliphatic hydroxyl groups excluding tert-OH is 1. The summed E-state index contributed by atoms with van der Waals surface area (Å²) < 4.78 is 32.7. The van der Waals surface area contributed by atoms with Crippen LogP contribution in [0.15, 0.2) is 114 Å². The normalized spacial score (nSPS) is 23.0. The average Bonchev–Trinajstić information content (AvgIpc) is 3.09. The highest BCUT2D eigenvalue weighted by Crippen LogP contribution is 2.43. The molecule has 5 atom stereocenters. The number of carbonyl (C=O) groups excluding carboxylic acids is 1. The van der Waals surface area contributed by atoms with E-state index in [0.29, 0.717) is 16.7 Å². The van der Waals surface area contributed by atoms with Gasteiger partial charge in [0, 0.05) is 7.11 Å². The number of esters is 1. The number of ether oxygens (including phenoxy) is 3. The van der Waals surface area contributed by atoms with Crippen LogP contribution in [0.5, 0.6) is 0 Å². The Kier molecular flexibility index (Phi) is 11.6. The largest absolute Gasteiger partial charge is 0.453 e. The summed E-state index contributed by atoms with van der Waals surface area (Å²) in [5.74, 6) is -0.989. The minimum absolute atomic E-state index is 0.0268. The van der Waals surface area contributed by atoms with Gasteiger partial charge >= 0.3 is 5.97 Å². The monoisotopic (exact) mass is 714 g/mol. The van der Waals surface area contributed by atoms with E-state index in [-0.39, 0.29) is 23.3 Å². The first-order valence-corrected chi connectivity index (χ1v) is 22.3. The van der Waals surface area contributed by atoms with E-state index in [1.54, 1.807) is 31.4 Å². The Labute approximate surface area is 300 Å². The lowest BCUT2D eigenvalue weighted by Gasteiger charge is -2.47. The predicted molar refractivity (Wildman–Crippen MR) is 204 cm³/mol. The Balaban J connectivity index is 1.60. The molecule has 5 unspecified atom stereocenters. The second-order valence-corrected chi connectivity index (χ2v) is 25.0. The molecular formula is C41H54O7Si2. The van der Waals surface area contributed by atoms with Gasteiger partial charge in [-0.2, -0.15) is 0 Å². The molecule has 2 aliphatic rings. The summed E-state index contributed by atoms with van der Waals surface area (Å²) in [4.78, 5) is 13.8. The van der Waals surface area contributed by atoms with Crippen LogP contribution >= 0.6 is 0 Å². The summed E-state index contributed by atoms with van der Waals surface area (Å²) in [6.07, 6.45) is 0.597.